The van der Waals surface area contributed by atoms with Gasteiger partial charge in [-0.2, -0.15) is 0 Å². The Labute approximate surface area is 117 Å². The van der Waals surface area contributed by atoms with E-state index in [1.54, 1.807) is 12.1 Å². The number of hydrogen-bond donors (Lipinski definition) is 3. The molecule has 1 aromatic carbocycles. The number of carbonyl (C=O) groups excluding carboxylic acids is 1. The summed E-state index contributed by atoms with van der Waals surface area (Å²) in [5, 5.41) is 13.8. The van der Waals surface area contributed by atoms with Gasteiger partial charge in [0, 0.05) is 19.5 Å². The van der Waals surface area contributed by atoms with Crippen molar-refractivity contribution in [2.45, 2.75) is 25.7 Å². The van der Waals surface area contributed by atoms with Gasteiger partial charge in [0.25, 0.3) is 0 Å². The molecular formula is C14H19FN2O3. The summed E-state index contributed by atoms with van der Waals surface area (Å²) in [6.45, 7) is 0.919. The predicted molar refractivity (Wildman–Crippen MR) is 73.0 cm³/mol. The number of carboxylic acid groups (broad SMARTS) is 1. The molecule has 110 valence electrons. The minimum absolute atomic E-state index is 0.119. The number of urea groups is 1. The Balaban J connectivity index is 2.05. The van der Waals surface area contributed by atoms with Gasteiger partial charge in [0.05, 0.1) is 0 Å². The second-order valence-electron chi connectivity index (χ2n) is 4.41. The van der Waals surface area contributed by atoms with E-state index in [1.165, 1.54) is 12.1 Å². The van der Waals surface area contributed by atoms with Crippen molar-refractivity contribution in [3.8, 4) is 0 Å². The number of carboxylic acids is 1. The first-order valence-corrected chi connectivity index (χ1v) is 6.56. The van der Waals surface area contributed by atoms with E-state index in [-0.39, 0.29) is 18.3 Å². The predicted octanol–water partition coefficient (Wildman–Crippen LogP) is 1.92. The average molecular weight is 282 g/mol. The summed E-state index contributed by atoms with van der Waals surface area (Å²) in [7, 11) is 0. The summed E-state index contributed by atoms with van der Waals surface area (Å²) < 4.78 is 12.7. The number of amides is 2. The fourth-order valence-corrected chi connectivity index (χ4v) is 1.64. The fourth-order valence-electron chi connectivity index (χ4n) is 1.64. The molecular weight excluding hydrogens is 263 g/mol. The lowest BCUT2D eigenvalue weighted by Crippen LogP contribution is -2.37. The highest BCUT2D eigenvalue weighted by Crippen LogP contribution is 2.02. The van der Waals surface area contributed by atoms with Crippen molar-refractivity contribution in [3.63, 3.8) is 0 Å². The van der Waals surface area contributed by atoms with Crippen LogP contribution >= 0.6 is 0 Å². The van der Waals surface area contributed by atoms with Gasteiger partial charge in [0.15, 0.2) is 0 Å². The number of benzene rings is 1. The maximum Gasteiger partial charge on any atom is 0.314 e. The summed E-state index contributed by atoms with van der Waals surface area (Å²) in [5.74, 6) is -1.10. The molecule has 5 nitrogen and oxygen atoms in total. The van der Waals surface area contributed by atoms with Gasteiger partial charge in [-0.1, -0.05) is 12.1 Å². The highest BCUT2D eigenvalue weighted by Gasteiger charge is 2.01. The Morgan fingerprint density at radius 3 is 2.35 bits per heavy atom. The van der Waals surface area contributed by atoms with Crippen molar-refractivity contribution in [1.29, 1.82) is 0 Å². The van der Waals surface area contributed by atoms with Crippen LogP contribution in [-0.4, -0.2) is 30.2 Å². The van der Waals surface area contributed by atoms with Crippen molar-refractivity contribution in [1.82, 2.24) is 10.6 Å². The lowest BCUT2D eigenvalue weighted by molar-refractivity contribution is -0.137. The highest BCUT2D eigenvalue weighted by molar-refractivity contribution is 5.73. The summed E-state index contributed by atoms with van der Waals surface area (Å²) in [6, 6.07) is 5.86. The SMILES string of the molecule is O=C(O)CCCCNC(=O)NCCc1ccc(F)cc1. The van der Waals surface area contributed by atoms with Crippen molar-refractivity contribution in [2.24, 2.45) is 0 Å². The van der Waals surface area contributed by atoms with Gasteiger partial charge in [-0.05, 0) is 37.0 Å². The van der Waals surface area contributed by atoms with Crippen LogP contribution in [0.15, 0.2) is 24.3 Å². The third kappa shape index (κ3) is 7.35. The number of nitrogens with one attached hydrogen (secondary N) is 2. The Morgan fingerprint density at radius 1 is 1.05 bits per heavy atom. The van der Waals surface area contributed by atoms with Crippen molar-refractivity contribution in [2.75, 3.05) is 13.1 Å². The van der Waals surface area contributed by atoms with E-state index in [2.05, 4.69) is 10.6 Å². The van der Waals surface area contributed by atoms with Gasteiger partial charge in [0.1, 0.15) is 5.82 Å². The zero-order valence-electron chi connectivity index (χ0n) is 11.2. The molecule has 20 heavy (non-hydrogen) atoms. The molecule has 1 aromatic rings. The number of halogens is 1. The molecule has 1 rings (SSSR count). The lowest BCUT2D eigenvalue weighted by Gasteiger charge is -2.07. The molecule has 0 fully saturated rings. The first-order chi connectivity index (χ1) is 9.58. The topological polar surface area (TPSA) is 78.4 Å². The van der Waals surface area contributed by atoms with E-state index in [9.17, 15) is 14.0 Å². The van der Waals surface area contributed by atoms with E-state index in [0.717, 1.165) is 5.56 Å². The van der Waals surface area contributed by atoms with Crippen LogP contribution in [0.4, 0.5) is 9.18 Å². The minimum atomic E-state index is -0.825. The molecule has 0 spiro atoms. The van der Waals surface area contributed by atoms with E-state index in [1.807, 2.05) is 0 Å². The molecule has 6 heteroatoms. The lowest BCUT2D eigenvalue weighted by atomic mass is 10.1. The van der Waals surface area contributed by atoms with Crippen LogP contribution < -0.4 is 10.6 Å². The Bertz CT molecular complexity index is 435. The summed E-state index contributed by atoms with van der Waals surface area (Å²) in [4.78, 5) is 21.7. The van der Waals surface area contributed by atoms with Gasteiger partial charge in [-0.3, -0.25) is 4.79 Å². The number of hydrogen-bond acceptors (Lipinski definition) is 2. The molecule has 0 radical (unpaired) electrons. The zero-order valence-corrected chi connectivity index (χ0v) is 11.2. The molecule has 0 unspecified atom stereocenters. The number of unbranched alkanes of at least 4 members (excludes halogenated alkanes) is 1. The van der Waals surface area contributed by atoms with E-state index in [4.69, 9.17) is 5.11 Å². The molecule has 0 saturated carbocycles. The molecule has 0 saturated heterocycles. The summed E-state index contributed by atoms with van der Waals surface area (Å²) >= 11 is 0. The van der Waals surface area contributed by atoms with Gasteiger partial charge in [-0.15, -0.1) is 0 Å². The van der Waals surface area contributed by atoms with Crippen LogP contribution in [0.1, 0.15) is 24.8 Å². The Kier molecular flexibility index (Phi) is 7.10. The Hall–Kier alpha value is -2.11. The molecule has 0 aliphatic heterocycles. The van der Waals surface area contributed by atoms with Gasteiger partial charge < -0.3 is 15.7 Å². The van der Waals surface area contributed by atoms with Crippen LogP contribution in [0, 0.1) is 5.82 Å². The molecule has 0 aliphatic rings. The second kappa shape index (κ2) is 8.90. The number of carbonyl (C=O) groups is 2. The quantitative estimate of drug-likeness (QED) is 0.637. The largest absolute Gasteiger partial charge is 0.481 e. The third-order valence-electron chi connectivity index (χ3n) is 2.72. The number of rotatable bonds is 8. The van der Waals surface area contributed by atoms with Gasteiger partial charge in [-0.25, -0.2) is 9.18 Å². The monoisotopic (exact) mass is 282 g/mol. The first kappa shape index (κ1) is 15.9. The molecule has 0 atom stereocenters. The maximum atomic E-state index is 12.7. The van der Waals surface area contributed by atoms with E-state index >= 15 is 0 Å². The van der Waals surface area contributed by atoms with Gasteiger partial charge >= 0.3 is 12.0 Å². The summed E-state index contributed by atoms with van der Waals surface area (Å²) in [5.41, 5.74) is 0.952. The van der Waals surface area contributed by atoms with Crippen molar-refractivity contribution < 1.29 is 19.1 Å². The maximum absolute atomic E-state index is 12.7. The van der Waals surface area contributed by atoms with E-state index < -0.39 is 5.97 Å². The van der Waals surface area contributed by atoms with Crippen LogP contribution in [0.25, 0.3) is 0 Å². The highest BCUT2D eigenvalue weighted by atomic mass is 19.1. The third-order valence-corrected chi connectivity index (χ3v) is 2.72. The number of aliphatic carboxylic acids is 1. The normalized spacial score (nSPS) is 10.1. The van der Waals surface area contributed by atoms with Crippen molar-refractivity contribution in [3.05, 3.63) is 35.6 Å². The molecule has 2 amide bonds. The van der Waals surface area contributed by atoms with Crippen molar-refractivity contribution >= 4 is 12.0 Å². The zero-order chi connectivity index (χ0) is 14.8. The first-order valence-electron chi connectivity index (χ1n) is 6.56. The van der Waals surface area contributed by atoms with Crippen LogP contribution in [0.2, 0.25) is 0 Å². The smallest absolute Gasteiger partial charge is 0.314 e. The van der Waals surface area contributed by atoms with Crippen LogP contribution in [0.3, 0.4) is 0 Å². The second-order valence-corrected chi connectivity index (χ2v) is 4.41. The molecule has 0 heterocycles. The average Bonchev–Trinajstić information content (AvgIpc) is 2.40. The molecule has 0 aliphatic carbocycles. The van der Waals surface area contributed by atoms with Crippen LogP contribution in [0.5, 0.6) is 0 Å². The summed E-state index contributed by atoms with van der Waals surface area (Å²) in [6.07, 6.45) is 1.93. The van der Waals surface area contributed by atoms with Crippen LogP contribution in [-0.2, 0) is 11.2 Å². The fraction of sp³-hybridized carbons (Fsp3) is 0.429. The molecule has 0 aromatic heterocycles. The van der Waals surface area contributed by atoms with Gasteiger partial charge in [0.2, 0.25) is 0 Å². The standard InChI is InChI=1S/C14H19FN2O3/c15-12-6-4-11(5-7-12)8-10-17-14(20)16-9-2-1-3-13(18)19/h4-7H,1-3,8-10H2,(H,18,19)(H2,16,17,20). The Morgan fingerprint density at radius 2 is 1.70 bits per heavy atom. The van der Waals surface area contributed by atoms with E-state index in [0.29, 0.717) is 32.4 Å². The molecule has 0 bridgehead atoms. The molecule has 3 N–H and O–H groups in total. The minimum Gasteiger partial charge on any atom is -0.481 e.